The zero-order valence-corrected chi connectivity index (χ0v) is 16.8. The summed E-state index contributed by atoms with van der Waals surface area (Å²) in [5.41, 5.74) is 4.54. The van der Waals surface area contributed by atoms with Crippen molar-refractivity contribution in [2.45, 2.75) is 12.6 Å². The molecule has 128 valence electrons. The second kappa shape index (κ2) is 9.30. The third-order valence-corrected chi connectivity index (χ3v) is 7.62. The van der Waals surface area contributed by atoms with Gasteiger partial charge >= 0.3 is 18.9 Å². The van der Waals surface area contributed by atoms with E-state index in [1.807, 2.05) is 0 Å². The first-order valence-corrected chi connectivity index (χ1v) is 10.4. The van der Waals surface area contributed by atoms with Gasteiger partial charge in [-0.05, 0) is 42.2 Å². The molecule has 4 aromatic rings. The van der Waals surface area contributed by atoms with Gasteiger partial charge in [-0.2, -0.15) is 12.1 Å². The van der Waals surface area contributed by atoms with Gasteiger partial charge in [-0.15, -0.1) is 5.56 Å². The first-order chi connectivity index (χ1) is 12.8. The molecule has 0 saturated carbocycles. The topological polar surface area (TPSA) is 0 Å². The normalized spacial score (nSPS) is 11.8. The third kappa shape index (κ3) is 4.31. The summed E-state index contributed by atoms with van der Waals surface area (Å²) in [6, 6.07) is 39.7. The fourth-order valence-electron chi connectivity index (χ4n) is 3.56. The van der Waals surface area contributed by atoms with Gasteiger partial charge < -0.3 is 0 Å². The van der Waals surface area contributed by atoms with Crippen LogP contribution in [0.5, 0.6) is 0 Å². The van der Waals surface area contributed by atoms with Crippen LogP contribution in [0.4, 0.5) is 0 Å². The fraction of sp³-hybridized carbons (Fsp3) is 0.0800. The summed E-state index contributed by atoms with van der Waals surface area (Å²) in [6.07, 6.45) is 0. The third-order valence-electron chi connectivity index (χ3n) is 4.81. The molecule has 0 aromatic heterocycles. The van der Waals surface area contributed by atoms with Crippen molar-refractivity contribution in [3.63, 3.8) is 0 Å². The van der Waals surface area contributed by atoms with E-state index in [0.717, 1.165) is 0 Å². The first kappa shape index (κ1) is 19.8. The van der Waals surface area contributed by atoms with E-state index in [1.165, 1.54) is 27.3 Å². The van der Waals surface area contributed by atoms with E-state index in [-0.39, 0.29) is 18.9 Å². The van der Waals surface area contributed by atoms with Crippen LogP contribution in [0.3, 0.4) is 0 Å². The van der Waals surface area contributed by atoms with Crippen molar-refractivity contribution in [2.75, 3.05) is 0 Å². The van der Waals surface area contributed by atoms with Gasteiger partial charge in [0.15, 0.2) is 0 Å². The molecule has 27 heavy (non-hydrogen) atoms. The Balaban J connectivity index is 0.00000210. The molecule has 0 saturated heterocycles. The van der Waals surface area contributed by atoms with Crippen LogP contribution in [0.25, 0.3) is 0 Å². The Morgan fingerprint density at radius 3 is 1.63 bits per heavy atom. The summed E-state index contributed by atoms with van der Waals surface area (Å²) in [7, 11) is -0.557. The Morgan fingerprint density at radius 2 is 1.11 bits per heavy atom. The predicted octanol–water partition coefficient (Wildman–Crippen LogP) is 2.94. The molecular formula is C25H22LiP. The number of benzene rings is 3. The molecule has 0 nitrogen and oxygen atoms in total. The van der Waals surface area contributed by atoms with E-state index >= 15 is 0 Å². The van der Waals surface area contributed by atoms with Crippen LogP contribution in [0, 0.1) is 6.92 Å². The molecule has 0 bridgehead atoms. The molecule has 0 heterocycles. The molecular weight excluding hydrogens is 338 g/mol. The van der Waals surface area contributed by atoms with Crippen LogP contribution in [0.15, 0.2) is 109 Å². The molecule has 0 spiro atoms. The van der Waals surface area contributed by atoms with Gasteiger partial charge in [-0.1, -0.05) is 84.9 Å². The van der Waals surface area contributed by atoms with Gasteiger partial charge in [0.1, 0.15) is 0 Å². The number of hydrogen-bond donors (Lipinski definition) is 0. The maximum absolute atomic E-state index is 2.30. The zero-order chi connectivity index (χ0) is 17.8. The standard InChI is InChI=1S/C25H22P.Li/c1-20-12-8-11-19-24(20)25(21-13-9-10-14-21)26(22-15-4-2-5-16-22)23-17-6-3-7-18-23;/h2-19,25H,1H3;/q-1;+1. The molecule has 1 unspecified atom stereocenters. The van der Waals surface area contributed by atoms with Gasteiger partial charge in [0.05, 0.1) is 0 Å². The van der Waals surface area contributed by atoms with Crippen LogP contribution in [0.1, 0.15) is 22.3 Å². The minimum atomic E-state index is -0.557. The molecule has 0 fully saturated rings. The molecule has 0 N–H and O–H groups in total. The Morgan fingerprint density at radius 1 is 0.630 bits per heavy atom. The second-order valence-electron chi connectivity index (χ2n) is 6.52. The summed E-state index contributed by atoms with van der Waals surface area (Å²) >= 11 is 0. The van der Waals surface area contributed by atoms with Gasteiger partial charge in [0.25, 0.3) is 0 Å². The SMILES string of the molecule is Cc1ccccc1C([c-]1cccc1)P(c1ccccc1)c1ccccc1.[Li+]. The second-order valence-corrected chi connectivity index (χ2v) is 8.81. The van der Waals surface area contributed by atoms with Crippen LogP contribution >= 0.6 is 7.92 Å². The van der Waals surface area contributed by atoms with Crippen molar-refractivity contribution in [1.29, 1.82) is 0 Å². The molecule has 4 rings (SSSR count). The minimum Gasteiger partial charge on any atom is -0.213 e. The van der Waals surface area contributed by atoms with Gasteiger partial charge in [0, 0.05) is 0 Å². The maximum Gasteiger partial charge on any atom is 1.00 e. The summed E-state index contributed by atoms with van der Waals surface area (Å²) < 4.78 is 0. The fourth-order valence-corrected chi connectivity index (χ4v) is 6.48. The number of aryl methyl sites for hydroxylation is 1. The van der Waals surface area contributed by atoms with E-state index in [4.69, 9.17) is 0 Å². The average Bonchev–Trinajstić information content (AvgIpc) is 3.22. The van der Waals surface area contributed by atoms with E-state index in [9.17, 15) is 0 Å². The molecule has 2 heteroatoms. The van der Waals surface area contributed by atoms with Gasteiger partial charge in [0.2, 0.25) is 0 Å². The van der Waals surface area contributed by atoms with Crippen LogP contribution in [0.2, 0.25) is 0 Å². The summed E-state index contributed by atoms with van der Waals surface area (Å²) in [4.78, 5) is 0. The molecule has 0 aliphatic carbocycles. The number of hydrogen-bond acceptors (Lipinski definition) is 0. The van der Waals surface area contributed by atoms with E-state index in [2.05, 4.69) is 116 Å². The van der Waals surface area contributed by atoms with E-state index in [0.29, 0.717) is 5.66 Å². The van der Waals surface area contributed by atoms with E-state index < -0.39 is 7.92 Å². The maximum atomic E-state index is 2.30. The minimum absolute atomic E-state index is 0. The van der Waals surface area contributed by atoms with Crippen molar-refractivity contribution >= 4 is 18.5 Å². The van der Waals surface area contributed by atoms with Gasteiger partial charge in [-0.25, -0.2) is 12.1 Å². The Hall–Kier alpha value is -1.96. The molecule has 0 aliphatic rings. The van der Waals surface area contributed by atoms with Crippen LogP contribution in [-0.2, 0) is 0 Å². The predicted molar refractivity (Wildman–Crippen MR) is 114 cm³/mol. The molecule has 4 aromatic carbocycles. The Labute approximate surface area is 175 Å². The monoisotopic (exact) mass is 360 g/mol. The van der Waals surface area contributed by atoms with Crippen LogP contribution < -0.4 is 29.5 Å². The van der Waals surface area contributed by atoms with Crippen molar-refractivity contribution in [2.24, 2.45) is 0 Å². The average molecular weight is 360 g/mol. The first-order valence-electron chi connectivity index (χ1n) is 9.01. The molecule has 0 amide bonds. The van der Waals surface area contributed by atoms with Crippen molar-refractivity contribution in [1.82, 2.24) is 0 Å². The molecule has 0 radical (unpaired) electrons. The zero-order valence-electron chi connectivity index (χ0n) is 15.9. The van der Waals surface area contributed by atoms with Crippen molar-refractivity contribution in [3.05, 3.63) is 126 Å². The number of rotatable bonds is 5. The van der Waals surface area contributed by atoms with Gasteiger partial charge in [-0.3, -0.25) is 0 Å². The summed E-state index contributed by atoms with van der Waals surface area (Å²) in [6.45, 7) is 2.23. The van der Waals surface area contributed by atoms with E-state index in [1.54, 1.807) is 0 Å². The molecule has 0 aliphatic heterocycles. The van der Waals surface area contributed by atoms with Crippen molar-refractivity contribution in [3.8, 4) is 0 Å². The smallest absolute Gasteiger partial charge is 0.213 e. The Bertz CT molecular complexity index is 907. The quantitative estimate of drug-likeness (QED) is 0.292. The molecule has 1 atom stereocenters. The Kier molecular flexibility index (Phi) is 6.82. The van der Waals surface area contributed by atoms with Crippen LogP contribution in [-0.4, -0.2) is 0 Å². The summed E-state index contributed by atoms with van der Waals surface area (Å²) in [5, 5.41) is 2.84. The van der Waals surface area contributed by atoms with Crippen molar-refractivity contribution < 1.29 is 18.9 Å². The summed E-state index contributed by atoms with van der Waals surface area (Å²) in [5.74, 6) is 0. The largest absolute Gasteiger partial charge is 1.00 e.